The Balaban J connectivity index is 1.66. The molecule has 2 aromatic carbocycles. The number of nitrogens with zero attached hydrogens (tertiary/aromatic N) is 2. The molecule has 0 bridgehead atoms. The second kappa shape index (κ2) is 7.89. The first-order valence-corrected chi connectivity index (χ1v) is 8.32. The molecule has 0 aliphatic heterocycles. The minimum Gasteiger partial charge on any atom is -0.481 e. The van der Waals surface area contributed by atoms with Gasteiger partial charge in [0, 0.05) is 5.56 Å². The number of hydrogen-bond acceptors (Lipinski definition) is 5. The van der Waals surface area contributed by atoms with Crippen molar-refractivity contribution >= 4 is 23.2 Å². The van der Waals surface area contributed by atoms with Crippen LogP contribution in [0.2, 0.25) is 5.02 Å². The Morgan fingerprint density at radius 3 is 2.54 bits per heavy atom. The van der Waals surface area contributed by atoms with Crippen LogP contribution < -0.4 is 10.1 Å². The largest absolute Gasteiger partial charge is 0.481 e. The van der Waals surface area contributed by atoms with Gasteiger partial charge in [0.05, 0.1) is 16.3 Å². The predicted molar refractivity (Wildman–Crippen MR) is 94.9 cm³/mol. The van der Waals surface area contributed by atoms with E-state index in [2.05, 4.69) is 15.5 Å². The topological polar surface area (TPSA) is 77.2 Å². The second-order valence-corrected chi connectivity index (χ2v) is 6.12. The zero-order chi connectivity index (χ0) is 20.3. The molecule has 1 atom stereocenters. The van der Waals surface area contributed by atoms with Gasteiger partial charge in [-0.05, 0) is 49.4 Å². The molecule has 0 spiro atoms. The van der Waals surface area contributed by atoms with Gasteiger partial charge < -0.3 is 14.5 Å². The molecule has 0 aliphatic rings. The summed E-state index contributed by atoms with van der Waals surface area (Å²) in [6.07, 6.45) is -4.34. The molecule has 10 heteroatoms. The first kappa shape index (κ1) is 19.7. The third-order valence-corrected chi connectivity index (χ3v) is 4.02. The fourth-order valence-corrected chi connectivity index (χ4v) is 2.43. The van der Waals surface area contributed by atoms with E-state index in [0.29, 0.717) is 17.2 Å². The number of carbonyl (C=O) groups is 1. The SMILES string of the molecule is C[C@@H](Oc1ccc(-c2nnco2)cc1)C(=O)Nc1cc(C(F)(F)F)ccc1Cl. The highest BCUT2D eigenvalue weighted by Crippen LogP contribution is 2.34. The summed E-state index contributed by atoms with van der Waals surface area (Å²) in [5.41, 5.74) is -0.404. The number of nitrogens with one attached hydrogen (secondary N) is 1. The van der Waals surface area contributed by atoms with Crippen molar-refractivity contribution in [1.82, 2.24) is 10.2 Å². The molecule has 3 rings (SSSR count). The van der Waals surface area contributed by atoms with Crippen LogP contribution in [-0.2, 0) is 11.0 Å². The van der Waals surface area contributed by atoms with Crippen LogP contribution in [-0.4, -0.2) is 22.2 Å². The smallest absolute Gasteiger partial charge is 0.416 e. The van der Waals surface area contributed by atoms with Crippen LogP contribution in [0, 0.1) is 0 Å². The van der Waals surface area contributed by atoms with Crippen molar-refractivity contribution < 1.29 is 27.1 Å². The van der Waals surface area contributed by atoms with E-state index in [0.717, 1.165) is 18.2 Å². The van der Waals surface area contributed by atoms with Crippen LogP contribution in [0.1, 0.15) is 12.5 Å². The average Bonchev–Trinajstić information content (AvgIpc) is 3.18. The van der Waals surface area contributed by atoms with Crippen LogP contribution in [0.4, 0.5) is 18.9 Å². The fraction of sp³-hybridized carbons (Fsp3) is 0.167. The fourth-order valence-electron chi connectivity index (χ4n) is 2.26. The number of rotatable bonds is 5. The molecule has 0 unspecified atom stereocenters. The quantitative estimate of drug-likeness (QED) is 0.651. The number of carbonyl (C=O) groups excluding carboxylic acids is 1. The lowest BCUT2D eigenvalue weighted by molar-refractivity contribution is -0.137. The Morgan fingerprint density at radius 2 is 1.93 bits per heavy atom. The average molecular weight is 412 g/mol. The maximum Gasteiger partial charge on any atom is 0.416 e. The zero-order valence-electron chi connectivity index (χ0n) is 14.3. The third-order valence-electron chi connectivity index (χ3n) is 3.69. The van der Waals surface area contributed by atoms with E-state index in [1.807, 2.05) is 0 Å². The Morgan fingerprint density at radius 1 is 1.21 bits per heavy atom. The van der Waals surface area contributed by atoms with E-state index < -0.39 is 23.8 Å². The lowest BCUT2D eigenvalue weighted by Gasteiger charge is -2.16. The molecule has 0 fully saturated rings. The first-order chi connectivity index (χ1) is 13.2. The molecule has 146 valence electrons. The molecule has 1 N–H and O–H groups in total. The molecule has 0 radical (unpaired) electrons. The van der Waals surface area contributed by atoms with Gasteiger partial charge in [0.2, 0.25) is 12.3 Å². The third kappa shape index (κ3) is 4.61. The van der Waals surface area contributed by atoms with Crippen LogP contribution in [0.5, 0.6) is 5.75 Å². The predicted octanol–water partition coefficient (Wildman–Crippen LogP) is 4.81. The molecule has 1 heterocycles. The second-order valence-electron chi connectivity index (χ2n) is 5.71. The van der Waals surface area contributed by atoms with Crippen molar-refractivity contribution in [2.45, 2.75) is 19.2 Å². The Bertz CT molecular complexity index is 960. The Labute approximate surface area is 162 Å². The monoisotopic (exact) mass is 411 g/mol. The molecule has 1 aromatic heterocycles. The molecule has 0 aliphatic carbocycles. The summed E-state index contributed by atoms with van der Waals surface area (Å²) in [5, 5.41) is 9.68. The maximum absolute atomic E-state index is 12.8. The summed E-state index contributed by atoms with van der Waals surface area (Å²) in [7, 11) is 0. The summed E-state index contributed by atoms with van der Waals surface area (Å²) in [5.74, 6) is 0.0554. The van der Waals surface area contributed by atoms with Gasteiger partial charge in [-0.1, -0.05) is 11.6 Å². The molecule has 6 nitrogen and oxygen atoms in total. The van der Waals surface area contributed by atoms with E-state index in [1.54, 1.807) is 24.3 Å². The number of hydrogen-bond donors (Lipinski definition) is 1. The first-order valence-electron chi connectivity index (χ1n) is 7.95. The van der Waals surface area contributed by atoms with Crippen LogP contribution in [0.3, 0.4) is 0 Å². The molecule has 28 heavy (non-hydrogen) atoms. The molecule has 3 aromatic rings. The van der Waals surface area contributed by atoms with E-state index in [4.69, 9.17) is 20.8 Å². The highest BCUT2D eigenvalue weighted by Gasteiger charge is 2.31. The van der Waals surface area contributed by atoms with Crippen molar-refractivity contribution in [3.05, 3.63) is 59.4 Å². The standard InChI is InChI=1S/C18H13ClF3N3O3/c1-10(28-13-5-2-11(3-6-13)17-25-23-9-27-17)16(26)24-15-8-12(18(20,21)22)4-7-14(15)19/h2-10H,1H3,(H,24,26)/t10-/m1/s1. The van der Waals surface area contributed by atoms with Gasteiger partial charge in [-0.2, -0.15) is 13.2 Å². The minimum atomic E-state index is -4.55. The van der Waals surface area contributed by atoms with Crippen molar-refractivity contribution in [3.63, 3.8) is 0 Å². The van der Waals surface area contributed by atoms with Crippen molar-refractivity contribution in [2.24, 2.45) is 0 Å². The Kier molecular flexibility index (Phi) is 5.55. The number of amides is 1. The summed E-state index contributed by atoms with van der Waals surface area (Å²) in [4.78, 5) is 12.3. The van der Waals surface area contributed by atoms with Gasteiger partial charge in [-0.3, -0.25) is 4.79 Å². The normalized spacial score (nSPS) is 12.5. The van der Waals surface area contributed by atoms with Gasteiger partial charge in [-0.15, -0.1) is 10.2 Å². The van der Waals surface area contributed by atoms with Crippen LogP contribution in [0.25, 0.3) is 11.5 Å². The summed E-state index contributed by atoms with van der Waals surface area (Å²) in [6, 6.07) is 9.20. The summed E-state index contributed by atoms with van der Waals surface area (Å²) < 4.78 is 49.1. The summed E-state index contributed by atoms with van der Waals surface area (Å²) in [6.45, 7) is 1.46. The van der Waals surface area contributed by atoms with E-state index >= 15 is 0 Å². The summed E-state index contributed by atoms with van der Waals surface area (Å²) >= 11 is 5.88. The van der Waals surface area contributed by atoms with Gasteiger partial charge in [0.15, 0.2) is 6.10 Å². The number of anilines is 1. The highest BCUT2D eigenvalue weighted by atomic mass is 35.5. The number of alkyl halides is 3. The van der Waals surface area contributed by atoms with E-state index in [-0.39, 0.29) is 10.7 Å². The highest BCUT2D eigenvalue weighted by molar-refractivity contribution is 6.33. The lowest BCUT2D eigenvalue weighted by atomic mass is 10.2. The van der Waals surface area contributed by atoms with Gasteiger partial charge in [0.1, 0.15) is 5.75 Å². The number of aromatic nitrogens is 2. The number of benzene rings is 2. The van der Waals surface area contributed by atoms with Crippen LogP contribution >= 0.6 is 11.6 Å². The van der Waals surface area contributed by atoms with Gasteiger partial charge in [0.25, 0.3) is 5.91 Å². The van der Waals surface area contributed by atoms with Crippen molar-refractivity contribution in [3.8, 4) is 17.2 Å². The van der Waals surface area contributed by atoms with E-state index in [1.165, 1.54) is 13.3 Å². The molecule has 0 saturated heterocycles. The lowest BCUT2D eigenvalue weighted by Crippen LogP contribution is -2.30. The Hall–Kier alpha value is -3.07. The molecular formula is C18H13ClF3N3O3. The van der Waals surface area contributed by atoms with Gasteiger partial charge in [-0.25, -0.2) is 0 Å². The maximum atomic E-state index is 12.8. The van der Waals surface area contributed by atoms with Crippen molar-refractivity contribution in [1.29, 1.82) is 0 Å². The zero-order valence-corrected chi connectivity index (χ0v) is 15.1. The van der Waals surface area contributed by atoms with Gasteiger partial charge >= 0.3 is 6.18 Å². The molecular weight excluding hydrogens is 399 g/mol. The van der Waals surface area contributed by atoms with E-state index in [9.17, 15) is 18.0 Å². The number of halogens is 4. The van der Waals surface area contributed by atoms with Crippen molar-refractivity contribution in [2.75, 3.05) is 5.32 Å². The minimum absolute atomic E-state index is 0.0162. The van der Waals surface area contributed by atoms with Crippen LogP contribution in [0.15, 0.2) is 53.3 Å². The molecule has 1 amide bonds. The number of ether oxygens (including phenoxy) is 1. The molecule has 0 saturated carbocycles.